The number of hydrogen-bond acceptors (Lipinski definition) is 3. The zero-order chi connectivity index (χ0) is 14.9. The molecule has 2 fully saturated rings. The fourth-order valence-corrected chi connectivity index (χ4v) is 3.38. The quantitative estimate of drug-likeness (QED) is 0.860. The highest BCUT2D eigenvalue weighted by Gasteiger charge is 2.42. The van der Waals surface area contributed by atoms with Gasteiger partial charge >= 0.3 is 0 Å². The van der Waals surface area contributed by atoms with Crippen molar-refractivity contribution in [2.75, 3.05) is 19.8 Å². The topological polar surface area (TPSA) is 35.5 Å². The fourth-order valence-electron chi connectivity index (χ4n) is 3.18. The van der Waals surface area contributed by atoms with Gasteiger partial charge in [-0.25, -0.2) is 4.39 Å². The molecule has 0 aromatic heterocycles. The summed E-state index contributed by atoms with van der Waals surface area (Å²) < 4.78 is 25.1. The van der Waals surface area contributed by atoms with Crippen LogP contribution in [0, 0.1) is 11.7 Å². The summed E-state index contributed by atoms with van der Waals surface area (Å²) in [7, 11) is 0. The number of Topliss-reactive ketones (excluding diaryl/α,β-unsaturated/α-hetero) is 1. The van der Waals surface area contributed by atoms with Crippen LogP contribution in [0.5, 0.6) is 0 Å². The Morgan fingerprint density at radius 3 is 3.05 bits per heavy atom. The molecule has 3 nitrogen and oxygen atoms in total. The molecule has 0 N–H and O–H groups in total. The predicted octanol–water partition coefficient (Wildman–Crippen LogP) is 3.18. The summed E-state index contributed by atoms with van der Waals surface area (Å²) in [6.07, 6.45) is 2.30. The molecule has 2 aliphatic rings. The van der Waals surface area contributed by atoms with Crippen molar-refractivity contribution < 1.29 is 18.7 Å². The van der Waals surface area contributed by atoms with Gasteiger partial charge in [-0.2, -0.15) is 0 Å². The van der Waals surface area contributed by atoms with Crippen LogP contribution in [0.15, 0.2) is 18.2 Å². The van der Waals surface area contributed by atoms with E-state index in [-0.39, 0.29) is 28.7 Å². The van der Waals surface area contributed by atoms with Crippen LogP contribution in [0.4, 0.5) is 4.39 Å². The highest BCUT2D eigenvalue weighted by molar-refractivity contribution is 6.30. The number of hydrogen-bond donors (Lipinski definition) is 0. The van der Waals surface area contributed by atoms with Gasteiger partial charge in [-0.3, -0.25) is 4.79 Å². The normalized spacial score (nSPS) is 29.0. The lowest BCUT2D eigenvalue weighted by Gasteiger charge is -2.36. The van der Waals surface area contributed by atoms with Crippen LogP contribution in [-0.4, -0.2) is 31.2 Å². The van der Waals surface area contributed by atoms with Gasteiger partial charge in [0.25, 0.3) is 0 Å². The number of halogens is 2. The van der Waals surface area contributed by atoms with Crippen molar-refractivity contribution in [2.24, 2.45) is 5.92 Å². The lowest BCUT2D eigenvalue weighted by Crippen LogP contribution is -2.42. The van der Waals surface area contributed by atoms with Crippen LogP contribution < -0.4 is 0 Å². The molecule has 0 bridgehead atoms. The average Bonchev–Trinajstić information content (AvgIpc) is 2.92. The maximum atomic E-state index is 13.9. The van der Waals surface area contributed by atoms with Gasteiger partial charge in [0.15, 0.2) is 0 Å². The van der Waals surface area contributed by atoms with E-state index in [0.717, 1.165) is 6.42 Å². The summed E-state index contributed by atoms with van der Waals surface area (Å²) >= 11 is 5.76. The van der Waals surface area contributed by atoms with E-state index < -0.39 is 5.82 Å². The lowest BCUT2D eigenvalue weighted by atomic mass is 9.81. The van der Waals surface area contributed by atoms with E-state index in [2.05, 4.69) is 0 Å². The molecule has 5 heteroatoms. The molecule has 2 aliphatic heterocycles. The molecule has 1 spiro atoms. The Hall–Kier alpha value is -0.970. The van der Waals surface area contributed by atoms with Crippen molar-refractivity contribution in [1.82, 2.24) is 0 Å². The van der Waals surface area contributed by atoms with Crippen LogP contribution in [0.25, 0.3) is 0 Å². The molecular weight excluding hydrogens is 295 g/mol. The first-order chi connectivity index (χ1) is 10.1. The third-order valence-corrected chi connectivity index (χ3v) is 4.70. The van der Waals surface area contributed by atoms with E-state index in [9.17, 15) is 9.18 Å². The molecule has 3 rings (SSSR count). The van der Waals surface area contributed by atoms with E-state index in [0.29, 0.717) is 38.2 Å². The minimum absolute atomic E-state index is 0.0609. The van der Waals surface area contributed by atoms with Crippen molar-refractivity contribution in [3.63, 3.8) is 0 Å². The van der Waals surface area contributed by atoms with Crippen LogP contribution >= 0.6 is 11.6 Å². The SMILES string of the molecule is O=C(Cc1cccc(Cl)c1F)C1CCOC2(CCOC2)C1. The first-order valence-corrected chi connectivity index (χ1v) is 7.65. The monoisotopic (exact) mass is 312 g/mol. The summed E-state index contributed by atoms with van der Waals surface area (Å²) in [5.74, 6) is -0.511. The van der Waals surface area contributed by atoms with Crippen LogP contribution in [0.1, 0.15) is 24.8 Å². The summed E-state index contributed by atoms with van der Waals surface area (Å²) in [4.78, 5) is 12.5. The molecule has 0 amide bonds. The van der Waals surface area contributed by atoms with E-state index in [4.69, 9.17) is 21.1 Å². The number of benzene rings is 1. The molecule has 1 aromatic carbocycles. The van der Waals surface area contributed by atoms with Gasteiger partial charge in [0.1, 0.15) is 11.6 Å². The fraction of sp³-hybridized carbons (Fsp3) is 0.562. The second kappa shape index (κ2) is 6.03. The lowest BCUT2D eigenvalue weighted by molar-refractivity contribution is -0.136. The molecule has 114 valence electrons. The Labute approximate surface area is 128 Å². The molecule has 2 atom stereocenters. The zero-order valence-electron chi connectivity index (χ0n) is 11.7. The van der Waals surface area contributed by atoms with E-state index in [1.807, 2.05) is 0 Å². The Bertz CT molecular complexity index is 540. The third kappa shape index (κ3) is 3.12. The molecule has 0 saturated carbocycles. The largest absolute Gasteiger partial charge is 0.378 e. The standard InChI is InChI=1S/C16H18ClFO3/c17-13-3-1-2-11(15(13)18)8-14(19)12-4-6-21-16(9-12)5-7-20-10-16/h1-3,12H,4-10H2. The average molecular weight is 313 g/mol. The molecule has 0 aliphatic carbocycles. The maximum absolute atomic E-state index is 13.9. The van der Waals surface area contributed by atoms with Crippen molar-refractivity contribution in [2.45, 2.75) is 31.3 Å². The highest BCUT2D eigenvalue weighted by Crippen LogP contribution is 2.36. The van der Waals surface area contributed by atoms with Gasteiger partial charge in [-0.05, 0) is 24.5 Å². The van der Waals surface area contributed by atoms with Gasteiger partial charge in [-0.1, -0.05) is 23.7 Å². The predicted molar refractivity (Wildman–Crippen MR) is 77.0 cm³/mol. The number of ether oxygens (including phenoxy) is 2. The van der Waals surface area contributed by atoms with Crippen LogP contribution in [0.2, 0.25) is 5.02 Å². The minimum Gasteiger partial charge on any atom is -0.378 e. The molecule has 21 heavy (non-hydrogen) atoms. The molecule has 2 unspecified atom stereocenters. The second-order valence-electron chi connectivity index (χ2n) is 5.88. The number of rotatable bonds is 3. The maximum Gasteiger partial charge on any atom is 0.145 e. The number of ketones is 1. The molecule has 0 radical (unpaired) electrons. The second-order valence-corrected chi connectivity index (χ2v) is 6.29. The Balaban J connectivity index is 1.69. The van der Waals surface area contributed by atoms with Gasteiger partial charge in [0.2, 0.25) is 0 Å². The van der Waals surface area contributed by atoms with Gasteiger partial charge < -0.3 is 9.47 Å². The van der Waals surface area contributed by atoms with E-state index in [1.54, 1.807) is 12.1 Å². The van der Waals surface area contributed by atoms with Crippen LogP contribution in [-0.2, 0) is 20.7 Å². The van der Waals surface area contributed by atoms with Crippen molar-refractivity contribution in [1.29, 1.82) is 0 Å². The first-order valence-electron chi connectivity index (χ1n) is 7.27. The van der Waals surface area contributed by atoms with Gasteiger partial charge in [-0.15, -0.1) is 0 Å². The molecular formula is C16H18ClFO3. The van der Waals surface area contributed by atoms with Gasteiger partial charge in [0, 0.05) is 32.0 Å². The van der Waals surface area contributed by atoms with Crippen LogP contribution in [0.3, 0.4) is 0 Å². The Morgan fingerprint density at radius 2 is 2.29 bits per heavy atom. The third-order valence-electron chi connectivity index (χ3n) is 4.41. The molecule has 2 saturated heterocycles. The van der Waals surface area contributed by atoms with E-state index >= 15 is 0 Å². The van der Waals surface area contributed by atoms with E-state index in [1.165, 1.54) is 6.07 Å². The number of carbonyl (C=O) groups excluding carboxylic acids is 1. The van der Waals surface area contributed by atoms with Crippen molar-refractivity contribution >= 4 is 17.4 Å². The summed E-state index contributed by atoms with van der Waals surface area (Å²) in [5.41, 5.74) is 0.0709. The first kappa shape index (κ1) is 14.9. The summed E-state index contributed by atoms with van der Waals surface area (Å²) in [6.45, 7) is 1.81. The Kier molecular flexibility index (Phi) is 4.29. The summed E-state index contributed by atoms with van der Waals surface area (Å²) in [5, 5.41) is 0.0629. The molecule has 1 aromatic rings. The number of carbonyl (C=O) groups is 1. The highest BCUT2D eigenvalue weighted by atomic mass is 35.5. The summed E-state index contributed by atoms with van der Waals surface area (Å²) in [6, 6.07) is 4.78. The minimum atomic E-state index is -0.488. The Morgan fingerprint density at radius 1 is 1.43 bits per heavy atom. The molecule has 2 heterocycles. The van der Waals surface area contributed by atoms with Crippen molar-refractivity contribution in [3.05, 3.63) is 34.6 Å². The smallest absolute Gasteiger partial charge is 0.145 e. The van der Waals surface area contributed by atoms with Gasteiger partial charge in [0.05, 0.1) is 17.2 Å². The van der Waals surface area contributed by atoms with Crippen molar-refractivity contribution in [3.8, 4) is 0 Å². The zero-order valence-corrected chi connectivity index (χ0v) is 12.5.